The zero-order chi connectivity index (χ0) is 13.6. The molecule has 0 atom stereocenters. The molecule has 0 radical (unpaired) electrons. The van der Waals surface area contributed by atoms with E-state index < -0.39 is 0 Å². The first-order valence-corrected chi connectivity index (χ1v) is 6.30. The first-order chi connectivity index (χ1) is 8.28. The quantitative estimate of drug-likeness (QED) is 0.822. The normalized spacial score (nSPS) is 20.7. The minimum atomic E-state index is -0.227. The summed E-state index contributed by atoms with van der Waals surface area (Å²) in [6.07, 6.45) is 0. The van der Waals surface area contributed by atoms with E-state index in [1.54, 1.807) is 6.92 Å². The number of hydroxylamine groups is 2. The number of fused-ring (bicyclic) bond motifs is 1. The Kier molecular flexibility index (Phi) is 3.07. The highest BCUT2D eigenvalue weighted by Gasteiger charge is 2.50. The summed E-state index contributed by atoms with van der Waals surface area (Å²) in [4.78, 5) is 16.9. The molecule has 0 saturated carbocycles. The topological polar surface area (TPSA) is 29.5 Å². The molecule has 98 valence electrons. The van der Waals surface area contributed by atoms with Crippen molar-refractivity contribution in [3.63, 3.8) is 0 Å². The van der Waals surface area contributed by atoms with Crippen molar-refractivity contribution < 1.29 is 9.63 Å². The lowest BCUT2D eigenvalue weighted by Gasteiger charge is -2.39. The number of hydrogen-bond donors (Lipinski definition) is 0. The van der Waals surface area contributed by atoms with Crippen LogP contribution in [-0.4, -0.2) is 17.5 Å². The van der Waals surface area contributed by atoms with Gasteiger partial charge in [-0.05, 0) is 45.7 Å². The lowest BCUT2D eigenvalue weighted by Crippen LogP contribution is -2.45. The van der Waals surface area contributed by atoms with Gasteiger partial charge in [-0.1, -0.05) is 24.3 Å². The Morgan fingerprint density at radius 1 is 1.11 bits per heavy atom. The Balaban J connectivity index is 2.41. The van der Waals surface area contributed by atoms with Crippen LogP contribution in [0.4, 0.5) is 0 Å². The van der Waals surface area contributed by atoms with E-state index >= 15 is 0 Å². The Hall–Kier alpha value is -1.19. The van der Waals surface area contributed by atoms with Crippen LogP contribution >= 0.6 is 0 Å². The predicted octanol–water partition coefficient (Wildman–Crippen LogP) is 2.99. The summed E-state index contributed by atoms with van der Waals surface area (Å²) in [5.41, 5.74) is 2.07. The van der Waals surface area contributed by atoms with E-state index in [0.717, 1.165) is 0 Å². The van der Waals surface area contributed by atoms with Crippen molar-refractivity contribution in [1.29, 1.82) is 0 Å². The highest BCUT2D eigenvalue weighted by Crippen LogP contribution is 2.49. The van der Waals surface area contributed by atoms with E-state index in [9.17, 15) is 4.79 Å². The third kappa shape index (κ3) is 1.88. The smallest absolute Gasteiger partial charge is 0.157 e. The number of hydrogen-bond acceptors (Lipinski definition) is 3. The minimum Gasteiger partial charge on any atom is -0.297 e. The Labute approximate surface area is 109 Å². The van der Waals surface area contributed by atoms with Crippen LogP contribution in [0.1, 0.15) is 45.7 Å². The first kappa shape index (κ1) is 13.2. The molecule has 0 spiro atoms. The summed E-state index contributed by atoms with van der Waals surface area (Å²) in [5.74, 6) is 0.0394. The molecular formula is C15H21NO2. The van der Waals surface area contributed by atoms with Crippen molar-refractivity contribution >= 4 is 5.78 Å². The van der Waals surface area contributed by atoms with E-state index in [1.165, 1.54) is 11.1 Å². The average molecular weight is 247 g/mol. The molecular weight excluding hydrogens is 226 g/mol. The summed E-state index contributed by atoms with van der Waals surface area (Å²) in [5, 5.41) is 1.95. The minimum absolute atomic E-state index is 0.0394. The van der Waals surface area contributed by atoms with Gasteiger partial charge in [0, 0.05) is 0 Å². The van der Waals surface area contributed by atoms with Crippen LogP contribution in [0.15, 0.2) is 24.3 Å². The molecule has 0 aliphatic carbocycles. The van der Waals surface area contributed by atoms with Gasteiger partial charge in [-0.25, -0.2) is 0 Å². The molecule has 1 aliphatic heterocycles. The van der Waals surface area contributed by atoms with Gasteiger partial charge in [0.25, 0.3) is 0 Å². The fourth-order valence-electron chi connectivity index (χ4n) is 2.95. The van der Waals surface area contributed by atoms with Crippen molar-refractivity contribution in [1.82, 2.24) is 5.06 Å². The zero-order valence-electron chi connectivity index (χ0n) is 11.8. The average Bonchev–Trinajstić information content (AvgIpc) is 2.42. The monoisotopic (exact) mass is 247 g/mol. The Bertz CT molecular complexity index is 442. The maximum absolute atomic E-state index is 11.1. The van der Waals surface area contributed by atoms with E-state index in [-0.39, 0.29) is 23.5 Å². The number of benzene rings is 1. The van der Waals surface area contributed by atoms with Gasteiger partial charge in [-0.3, -0.25) is 9.63 Å². The molecule has 0 unspecified atom stereocenters. The number of carbonyl (C=O) groups excluding carboxylic acids is 1. The summed E-state index contributed by atoms with van der Waals surface area (Å²) < 4.78 is 0. The third-order valence-corrected chi connectivity index (χ3v) is 3.66. The molecule has 0 fully saturated rings. The second kappa shape index (κ2) is 4.18. The van der Waals surface area contributed by atoms with Crippen LogP contribution < -0.4 is 0 Å². The van der Waals surface area contributed by atoms with Crippen LogP contribution in [0.5, 0.6) is 0 Å². The molecule has 1 aromatic rings. The van der Waals surface area contributed by atoms with Gasteiger partial charge in [0.15, 0.2) is 5.78 Å². The van der Waals surface area contributed by atoms with Crippen molar-refractivity contribution in [3.05, 3.63) is 35.4 Å². The van der Waals surface area contributed by atoms with Crippen LogP contribution in [0, 0.1) is 0 Å². The van der Waals surface area contributed by atoms with Crippen molar-refractivity contribution in [2.24, 2.45) is 0 Å². The predicted molar refractivity (Wildman–Crippen MR) is 71.0 cm³/mol. The van der Waals surface area contributed by atoms with Gasteiger partial charge in [-0.15, -0.1) is 0 Å². The van der Waals surface area contributed by atoms with E-state index in [2.05, 4.69) is 39.8 Å². The Morgan fingerprint density at radius 3 is 1.94 bits per heavy atom. The molecule has 0 aromatic heterocycles. The molecule has 1 aromatic carbocycles. The maximum Gasteiger partial charge on any atom is 0.157 e. The fraction of sp³-hybridized carbons (Fsp3) is 0.533. The van der Waals surface area contributed by atoms with E-state index in [0.29, 0.717) is 0 Å². The van der Waals surface area contributed by atoms with Gasteiger partial charge in [-0.2, -0.15) is 5.06 Å². The van der Waals surface area contributed by atoms with Gasteiger partial charge in [0.1, 0.15) is 6.61 Å². The highest BCUT2D eigenvalue weighted by molar-refractivity contribution is 5.76. The van der Waals surface area contributed by atoms with Crippen molar-refractivity contribution in [2.75, 3.05) is 6.61 Å². The molecule has 0 amide bonds. The van der Waals surface area contributed by atoms with Crippen molar-refractivity contribution in [2.45, 2.75) is 45.7 Å². The summed E-state index contributed by atoms with van der Waals surface area (Å²) >= 11 is 0. The van der Waals surface area contributed by atoms with E-state index in [1.807, 2.05) is 17.2 Å². The first-order valence-electron chi connectivity index (χ1n) is 6.30. The van der Waals surface area contributed by atoms with Crippen LogP contribution in [-0.2, 0) is 20.7 Å². The van der Waals surface area contributed by atoms with Gasteiger partial charge < -0.3 is 0 Å². The Morgan fingerprint density at radius 2 is 1.56 bits per heavy atom. The SMILES string of the molecule is CC(=O)CON1C(C)(C)c2ccccc2C1(C)C. The second-order valence-corrected chi connectivity index (χ2v) is 5.93. The number of carbonyl (C=O) groups is 1. The third-order valence-electron chi connectivity index (χ3n) is 3.66. The molecule has 1 aliphatic rings. The molecule has 18 heavy (non-hydrogen) atoms. The molecule has 1 heterocycles. The number of Topliss-reactive ketones (excluding diaryl/α,β-unsaturated/α-hetero) is 1. The molecule has 0 saturated heterocycles. The second-order valence-electron chi connectivity index (χ2n) is 5.93. The van der Waals surface area contributed by atoms with E-state index in [4.69, 9.17) is 4.84 Å². The number of nitrogens with zero attached hydrogens (tertiary/aromatic N) is 1. The van der Waals surface area contributed by atoms with Gasteiger partial charge in [0.2, 0.25) is 0 Å². The summed E-state index contributed by atoms with van der Waals surface area (Å²) in [6.45, 7) is 10.2. The highest BCUT2D eigenvalue weighted by atomic mass is 16.7. The van der Waals surface area contributed by atoms with Gasteiger partial charge >= 0.3 is 0 Å². The lowest BCUT2D eigenvalue weighted by molar-refractivity contribution is -0.256. The molecule has 0 N–H and O–H groups in total. The lowest BCUT2D eigenvalue weighted by atomic mass is 9.91. The van der Waals surface area contributed by atoms with Crippen LogP contribution in [0.2, 0.25) is 0 Å². The van der Waals surface area contributed by atoms with Crippen LogP contribution in [0.25, 0.3) is 0 Å². The standard InChI is InChI=1S/C15H21NO2/c1-11(17)10-18-16-14(2,3)12-8-6-7-9-13(12)15(16,4)5/h6-9H,10H2,1-5H3. The number of rotatable bonds is 3. The summed E-state index contributed by atoms with van der Waals surface area (Å²) in [6, 6.07) is 8.36. The molecule has 3 heteroatoms. The van der Waals surface area contributed by atoms with Gasteiger partial charge in [0.05, 0.1) is 11.1 Å². The van der Waals surface area contributed by atoms with Crippen molar-refractivity contribution in [3.8, 4) is 0 Å². The molecule has 2 rings (SSSR count). The maximum atomic E-state index is 11.1. The fourth-order valence-corrected chi connectivity index (χ4v) is 2.95. The number of ketones is 1. The summed E-state index contributed by atoms with van der Waals surface area (Å²) in [7, 11) is 0. The molecule has 0 bridgehead atoms. The molecule has 3 nitrogen and oxygen atoms in total. The largest absolute Gasteiger partial charge is 0.297 e. The van der Waals surface area contributed by atoms with Crippen LogP contribution in [0.3, 0.4) is 0 Å². The zero-order valence-corrected chi connectivity index (χ0v) is 11.8.